The monoisotopic (exact) mass is 474 g/mol. The molecule has 0 saturated carbocycles. The molecule has 9 heteroatoms. The summed E-state index contributed by atoms with van der Waals surface area (Å²) in [5.74, 6) is 2.47. The second-order valence-electron chi connectivity index (χ2n) is 7.99. The molecule has 1 amide bonds. The van der Waals surface area contributed by atoms with E-state index < -0.39 is 12.4 Å². The number of hydrogen-bond acceptors (Lipinski definition) is 8. The van der Waals surface area contributed by atoms with E-state index in [-0.39, 0.29) is 12.5 Å². The summed E-state index contributed by atoms with van der Waals surface area (Å²) in [6.07, 6.45) is 0.537. The highest BCUT2D eigenvalue weighted by Gasteiger charge is 2.24. The summed E-state index contributed by atoms with van der Waals surface area (Å²) in [7, 11) is 4.77. The van der Waals surface area contributed by atoms with Gasteiger partial charge in [-0.3, -0.25) is 4.79 Å². The van der Waals surface area contributed by atoms with Gasteiger partial charge >= 0.3 is 0 Å². The van der Waals surface area contributed by atoms with Gasteiger partial charge in [-0.25, -0.2) is 0 Å². The number of fused-ring (bicyclic) bond motifs is 1. The molecule has 2 atom stereocenters. The maximum Gasteiger partial charge on any atom is 0.224 e. The first-order valence-electron chi connectivity index (χ1n) is 11.3. The molecular formula is C25H34N2O7. The van der Waals surface area contributed by atoms with E-state index in [2.05, 4.69) is 10.6 Å². The number of carbonyl (C=O) groups excluding carboxylic acids is 1. The fourth-order valence-electron chi connectivity index (χ4n) is 3.68. The largest absolute Gasteiger partial charge is 0.493 e. The third-order valence-electron chi connectivity index (χ3n) is 5.57. The topological polar surface area (TPSA) is 108 Å². The van der Waals surface area contributed by atoms with E-state index >= 15 is 0 Å². The first-order chi connectivity index (χ1) is 16.4. The van der Waals surface area contributed by atoms with Crippen LogP contribution in [0.3, 0.4) is 0 Å². The van der Waals surface area contributed by atoms with Gasteiger partial charge < -0.3 is 39.4 Å². The summed E-state index contributed by atoms with van der Waals surface area (Å²) in [5.41, 5.74) is 2.56. The molecule has 2 unspecified atom stereocenters. The van der Waals surface area contributed by atoms with Crippen LogP contribution in [0, 0.1) is 0 Å². The van der Waals surface area contributed by atoms with Crippen molar-refractivity contribution >= 4 is 11.6 Å². The fraction of sp³-hybridized carbons (Fsp3) is 0.480. The maximum atomic E-state index is 11.9. The number of anilines is 1. The molecule has 34 heavy (non-hydrogen) atoms. The Bertz CT molecular complexity index is 967. The average molecular weight is 475 g/mol. The molecule has 1 heterocycles. The van der Waals surface area contributed by atoms with Crippen molar-refractivity contribution in [1.29, 1.82) is 0 Å². The molecule has 2 aromatic rings. The van der Waals surface area contributed by atoms with Gasteiger partial charge in [0, 0.05) is 25.6 Å². The molecule has 0 spiro atoms. The van der Waals surface area contributed by atoms with Crippen molar-refractivity contribution in [3.8, 4) is 23.0 Å². The minimum atomic E-state index is -0.691. The zero-order valence-corrected chi connectivity index (χ0v) is 20.2. The minimum absolute atomic E-state index is 0.0710. The molecule has 0 saturated heterocycles. The SMILES string of the molecule is COc1ccc(CCNCC(O)COc2ccc(OC(C)OC)c3c2CCC(=O)N3)cc1OC. The van der Waals surface area contributed by atoms with Crippen molar-refractivity contribution < 1.29 is 33.6 Å². The van der Waals surface area contributed by atoms with Crippen LogP contribution in [0.25, 0.3) is 0 Å². The highest BCUT2D eigenvalue weighted by molar-refractivity contribution is 5.96. The van der Waals surface area contributed by atoms with Crippen molar-refractivity contribution in [2.24, 2.45) is 0 Å². The second-order valence-corrected chi connectivity index (χ2v) is 7.99. The van der Waals surface area contributed by atoms with E-state index in [0.717, 1.165) is 17.5 Å². The van der Waals surface area contributed by atoms with Gasteiger partial charge in [-0.15, -0.1) is 0 Å². The van der Waals surface area contributed by atoms with Crippen molar-refractivity contribution in [2.45, 2.75) is 38.6 Å². The van der Waals surface area contributed by atoms with Crippen molar-refractivity contribution in [2.75, 3.05) is 46.3 Å². The molecule has 0 aromatic heterocycles. The summed E-state index contributed by atoms with van der Waals surface area (Å²) >= 11 is 0. The van der Waals surface area contributed by atoms with Crippen LogP contribution in [0.5, 0.6) is 23.0 Å². The van der Waals surface area contributed by atoms with Gasteiger partial charge in [-0.2, -0.15) is 0 Å². The van der Waals surface area contributed by atoms with Gasteiger partial charge in [-0.1, -0.05) is 6.07 Å². The zero-order chi connectivity index (χ0) is 24.5. The lowest BCUT2D eigenvalue weighted by atomic mass is 10.0. The summed E-state index contributed by atoms with van der Waals surface area (Å²) < 4.78 is 27.4. The second kappa shape index (κ2) is 12.5. The number of rotatable bonds is 13. The number of carbonyl (C=O) groups is 1. The third-order valence-corrected chi connectivity index (χ3v) is 5.57. The highest BCUT2D eigenvalue weighted by atomic mass is 16.7. The van der Waals surface area contributed by atoms with Crippen LogP contribution < -0.4 is 29.6 Å². The fourth-order valence-corrected chi connectivity index (χ4v) is 3.68. The molecule has 9 nitrogen and oxygen atoms in total. The smallest absolute Gasteiger partial charge is 0.224 e. The molecule has 1 aliphatic rings. The molecule has 0 radical (unpaired) electrons. The van der Waals surface area contributed by atoms with Crippen molar-refractivity contribution in [3.05, 3.63) is 41.5 Å². The van der Waals surface area contributed by atoms with E-state index in [1.54, 1.807) is 40.4 Å². The number of amides is 1. The van der Waals surface area contributed by atoms with Crippen LogP contribution >= 0.6 is 0 Å². The Labute approximate surface area is 200 Å². The first kappa shape index (κ1) is 25.6. The number of hydrogen-bond donors (Lipinski definition) is 3. The first-order valence-corrected chi connectivity index (χ1v) is 11.3. The van der Waals surface area contributed by atoms with Crippen LogP contribution in [-0.4, -0.2) is 64.4 Å². The Balaban J connectivity index is 1.50. The number of nitrogens with one attached hydrogen (secondary N) is 2. The summed E-state index contributed by atoms with van der Waals surface area (Å²) in [4.78, 5) is 11.9. The Kier molecular flexibility index (Phi) is 9.38. The number of aliphatic hydroxyl groups is 1. The number of aliphatic hydroxyl groups excluding tert-OH is 1. The van der Waals surface area contributed by atoms with E-state index in [1.165, 1.54) is 0 Å². The minimum Gasteiger partial charge on any atom is -0.493 e. The van der Waals surface area contributed by atoms with E-state index in [4.69, 9.17) is 23.7 Å². The molecule has 0 fully saturated rings. The Morgan fingerprint density at radius 1 is 1.03 bits per heavy atom. The molecular weight excluding hydrogens is 440 g/mol. The molecule has 3 N–H and O–H groups in total. The molecule has 186 valence electrons. The van der Waals surface area contributed by atoms with E-state index in [1.807, 2.05) is 18.2 Å². The van der Waals surface area contributed by atoms with Crippen LogP contribution in [0.4, 0.5) is 5.69 Å². The molecule has 0 aliphatic carbocycles. The van der Waals surface area contributed by atoms with Gasteiger partial charge in [0.1, 0.15) is 24.2 Å². The van der Waals surface area contributed by atoms with Gasteiger partial charge in [0.25, 0.3) is 0 Å². The standard InChI is InChI=1S/C25H34N2O7/c1-16(30-2)34-22-9-8-20(19-6-10-24(29)27-25(19)22)33-15-18(28)14-26-12-11-17-5-7-21(31-3)23(13-17)32-4/h5,7-9,13,16,18,26,28H,6,10-12,14-15H2,1-4H3,(H,27,29). The van der Waals surface area contributed by atoms with Crippen molar-refractivity contribution in [1.82, 2.24) is 5.32 Å². The van der Waals surface area contributed by atoms with Gasteiger partial charge in [-0.05, 0) is 56.1 Å². The predicted molar refractivity (Wildman–Crippen MR) is 128 cm³/mol. The third kappa shape index (κ3) is 6.75. The quantitative estimate of drug-likeness (QED) is 0.300. The molecule has 3 rings (SSSR count). The van der Waals surface area contributed by atoms with Crippen LogP contribution in [-0.2, 0) is 22.4 Å². The summed E-state index contributed by atoms with van der Waals surface area (Å²) in [6.45, 7) is 2.98. The van der Waals surface area contributed by atoms with E-state index in [9.17, 15) is 9.90 Å². The summed E-state index contributed by atoms with van der Waals surface area (Å²) in [6, 6.07) is 9.36. The average Bonchev–Trinajstić information content (AvgIpc) is 2.85. The predicted octanol–water partition coefficient (Wildman–Crippen LogP) is 2.53. The number of ether oxygens (including phenoxy) is 5. The number of benzene rings is 2. The zero-order valence-electron chi connectivity index (χ0n) is 20.2. The lowest BCUT2D eigenvalue weighted by Crippen LogP contribution is -2.32. The van der Waals surface area contributed by atoms with Gasteiger partial charge in [0.05, 0.1) is 19.9 Å². The van der Waals surface area contributed by atoms with Crippen LogP contribution in [0.2, 0.25) is 0 Å². The maximum absolute atomic E-state index is 11.9. The Morgan fingerprint density at radius 2 is 1.76 bits per heavy atom. The number of methoxy groups -OCH3 is 3. The summed E-state index contributed by atoms with van der Waals surface area (Å²) in [5, 5.41) is 16.5. The van der Waals surface area contributed by atoms with Crippen LogP contribution in [0.1, 0.15) is 24.5 Å². The van der Waals surface area contributed by atoms with Gasteiger partial charge in [0.2, 0.25) is 5.91 Å². The Hall–Kier alpha value is -3.01. The van der Waals surface area contributed by atoms with Gasteiger partial charge in [0.15, 0.2) is 17.8 Å². The van der Waals surface area contributed by atoms with E-state index in [0.29, 0.717) is 54.6 Å². The molecule has 0 bridgehead atoms. The Morgan fingerprint density at radius 3 is 2.50 bits per heavy atom. The highest BCUT2D eigenvalue weighted by Crippen LogP contribution is 2.39. The van der Waals surface area contributed by atoms with Crippen LogP contribution in [0.15, 0.2) is 30.3 Å². The lowest BCUT2D eigenvalue weighted by molar-refractivity contribution is -0.116. The lowest BCUT2D eigenvalue weighted by Gasteiger charge is -2.25. The van der Waals surface area contributed by atoms with Crippen molar-refractivity contribution in [3.63, 3.8) is 0 Å². The molecule has 2 aromatic carbocycles. The molecule has 1 aliphatic heterocycles. The normalized spacial score (nSPS) is 14.6.